The number of fused-ring (bicyclic) bond motifs is 1. The van der Waals surface area contributed by atoms with Crippen LogP contribution in [-0.4, -0.2) is 49.6 Å². The fourth-order valence-corrected chi connectivity index (χ4v) is 3.43. The average molecular weight is 343 g/mol. The molecule has 2 heterocycles. The molecule has 0 spiro atoms. The van der Waals surface area contributed by atoms with Crippen molar-refractivity contribution in [2.75, 3.05) is 39.6 Å². The minimum Gasteiger partial charge on any atom is -0.454 e. The van der Waals surface area contributed by atoms with Crippen molar-refractivity contribution in [2.24, 2.45) is 0 Å². The van der Waals surface area contributed by atoms with Gasteiger partial charge in [0.15, 0.2) is 11.5 Å². The van der Waals surface area contributed by atoms with E-state index in [1.807, 2.05) is 12.1 Å². The number of nitrogens with one attached hydrogen (secondary N) is 1. The van der Waals surface area contributed by atoms with Crippen LogP contribution in [0.1, 0.15) is 18.0 Å². The van der Waals surface area contributed by atoms with Gasteiger partial charge in [-0.05, 0) is 24.1 Å². The molecule has 1 atom stereocenters. The molecule has 0 unspecified atom stereocenters. The summed E-state index contributed by atoms with van der Waals surface area (Å²) in [6, 6.07) is 4.20. The van der Waals surface area contributed by atoms with Gasteiger partial charge < -0.3 is 19.9 Å². The Kier molecular flexibility index (Phi) is 4.45. The standard InChI is InChI=1S/C14H19BrN2O3/c15-11-8-14-13(19-9-20-14)7-10(11)12(1-6-18)17-4-2-16-3-5-17/h7-8,12,16,18H,1-6,9H2/t12-/m0/s1. The van der Waals surface area contributed by atoms with Gasteiger partial charge in [0.2, 0.25) is 6.79 Å². The lowest BCUT2D eigenvalue weighted by Gasteiger charge is -2.35. The van der Waals surface area contributed by atoms with Gasteiger partial charge in [-0.25, -0.2) is 0 Å². The van der Waals surface area contributed by atoms with Crippen molar-refractivity contribution in [3.8, 4) is 11.5 Å². The van der Waals surface area contributed by atoms with Crippen molar-refractivity contribution in [3.05, 3.63) is 22.2 Å². The number of halogens is 1. The third kappa shape index (κ3) is 2.79. The number of nitrogens with zero attached hydrogens (tertiary/aromatic N) is 1. The van der Waals surface area contributed by atoms with Gasteiger partial charge in [-0.15, -0.1) is 0 Å². The largest absolute Gasteiger partial charge is 0.454 e. The number of piperazine rings is 1. The smallest absolute Gasteiger partial charge is 0.231 e. The number of rotatable bonds is 4. The first-order valence-electron chi connectivity index (χ1n) is 6.94. The first-order chi connectivity index (χ1) is 9.79. The Morgan fingerprint density at radius 3 is 2.65 bits per heavy atom. The molecule has 0 radical (unpaired) electrons. The van der Waals surface area contributed by atoms with Crippen LogP contribution in [0.4, 0.5) is 0 Å². The van der Waals surface area contributed by atoms with Gasteiger partial charge in [-0.3, -0.25) is 4.90 Å². The highest BCUT2D eigenvalue weighted by molar-refractivity contribution is 9.10. The minimum atomic E-state index is 0.176. The molecule has 1 aromatic rings. The zero-order valence-electron chi connectivity index (χ0n) is 11.3. The van der Waals surface area contributed by atoms with Gasteiger partial charge in [0.1, 0.15) is 0 Å². The van der Waals surface area contributed by atoms with Crippen molar-refractivity contribution in [1.29, 1.82) is 0 Å². The Balaban J connectivity index is 1.90. The molecular weight excluding hydrogens is 324 g/mol. The highest BCUT2D eigenvalue weighted by atomic mass is 79.9. The van der Waals surface area contributed by atoms with Gasteiger partial charge in [0, 0.05) is 43.3 Å². The molecule has 6 heteroatoms. The average Bonchev–Trinajstić information content (AvgIpc) is 2.92. The Bertz CT molecular complexity index is 478. The van der Waals surface area contributed by atoms with E-state index in [-0.39, 0.29) is 19.4 Å². The fraction of sp³-hybridized carbons (Fsp3) is 0.571. The second kappa shape index (κ2) is 6.30. The number of ether oxygens (including phenoxy) is 2. The molecule has 2 N–H and O–H groups in total. The van der Waals surface area contributed by atoms with Gasteiger partial charge in [-0.2, -0.15) is 0 Å². The van der Waals surface area contributed by atoms with Crippen LogP contribution in [0.25, 0.3) is 0 Å². The first-order valence-corrected chi connectivity index (χ1v) is 7.73. The van der Waals surface area contributed by atoms with E-state index in [1.54, 1.807) is 0 Å². The minimum absolute atomic E-state index is 0.176. The number of hydrogen-bond donors (Lipinski definition) is 2. The topological polar surface area (TPSA) is 54.0 Å². The lowest BCUT2D eigenvalue weighted by atomic mass is 10.0. The lowest BCUT2D eigenvalue weighted by Crippen LogP contribution is -2.45. The summed E-state index contributed by atoms with van der Waals surface area (Å²) in [7, 11) is 0. The third-order valence-corrected chi connectivity index (χ3v) is 4.53. The fourth-order valence-electron chi connectivity index (χ4n) is 2.84. The van der Waals surface area contributed by atoms with Crippen LogP contribution in [0.5, 0.6) is 11.5 Å². The molecule has 1 aromatic carbocycles. The van der Waals surface area contributed by atoms with E-state index in [4.69, 9.17) is 9.47 Å². The molecule has 0 amide bonds. The van der Waals surface area contributed by atoms with Gasteiger partial charge in [-0.1, -0.05) is 15.9 Å². The van der Waals surface area contributed by atoms with Crippen molar-refractivity contribution in [1.82, 2.24) is 10.2 Å². The maximum atomic E-state index is 9.40. The first kappa shape index (κ1) is 14.1. The Morgan fingerprint density at radius 1 is 1.25 bits per heavy atom. The molecule has 1 fully saturated rings. The van der Waals surface area contributed by atoms with E-state index in [9.17, 15) is 5.11 Å². The van der Waals surface area contributed by atoms with Crippen LogP contribution in [0.2, 0.25) is 0 Å². The van der Waals surface area contributed by atoms with Crippen LogP contribution in [0.3, 0.4) is 0 Å². The SMILES string of the molecule is OCC[C@@H](c1cc2c(cc1Br)OCO2)N1CCNCC1. The van der Waals surface area contributed by atoms with E-state index >= 15 is 0 Å². The zero-order valence-corrected chi connectivity index (χ0v) is 12.9. The number of aliphatic hydroxyl groups is 1. The normalized spacial score (nSPS) is 20.1. The summed E-state index contributed by atoms with van der Waals surface area (Å²) >= 11 is 3.63. The Hall–Kier alpha value is -0.820. The summed E-state index contributed by atoms with van der Waals surface area (Å²) in [4.78, 5) is 2.41. The highest BCUT2D eigenvalue weighted by Crippen LogP contribution is 2.41. The molecule has 3 rings (SSSR count). The Labute approximate surface area is 127 Å². The van der Waals surface area contributed by atoms with E-state index in [2.05, 4.69) is 26.1 Å². The maximum Gasteiger partial charge on any atom is 0.231 e. The molecule has 0 aliphatic carbocycles. The zero-order chi connectivity index (χ0) is 13.9. The van der Waals surface area contributed by atoms with Crippen molar-refractivity contribution < 1.29 is 14.6 Å². The van der Waals surface area contributed by atoms with Crippen LogP contribution in [0, 0.1) is 0 Å². The van der Waals surface area contributed by atoms with Crippen LogP contribution in [0.15, 0.2) is 16.6 Å². The quantitative estimate of drug-likeness (QED) is 0.868. The van der Waals surface area contributed by atoms with Crippen molar-refractivity contribution >= 4 is 15.9 Å². The predicted molar refractivity (Wildman–Crippen MR) is 79.2 cm³/mol. The van der Waals surface area contributed by atoms with Crippen molar-refractivity contribution in [2.45, 2.75) is 12.5 Å². The summed E-state index contributed by atoms with van der Waals surface area (Å²) < 4.78 is 11.9. The third-order valence-electron chi connectivity index (χ3n) is 3.85. The van der Waals surface area contributed by atoms with Crippen LogP contribution < -0.4 is 14.8 Å². The lowest BCUT2D eigenvalue weighted by molar-refractivity contribution is 0.140. The summed E-state index contributed by atoms with van der Waals surface area (Å²) in [5.74, 6) is 1.57. The molecule has 5 nitrogen and oxygen atoms in total. The maximum absolute atomic E-state index is 9.40. The number of benzene rings is 1. The van der Waals surface area contributed by atoms with E-state index in [0.29, 0.717) is 0 Å². The highest BCUT2D eigenvalue weighted by Gasteiger charge is 2.26. The molecule has 20 heavy (non-hydrogen) atoms. The molecular formula is C14H19BrN2O3. The Morgan fingerprint density at radius 2 is 1.95 bits per heavy atom. The van der Waals surface area contributed by atoms with Gasteiger partial charge in [0.05, 0.1) is 0 Å². The summed E-state index contributed by atoms with van der Waals surface area (Å²) in [6.45, 7) is 4.42. The van der Waals surface area contributed by atoms with Crippen LogP contribution >= 0.6 is 15.9 Å². The van der Waals surface area contributed by atoms with Crippen LogP contribution in [-0.2, 0) is 0 Å². The van der Waals surface area contributed by atoms with E-state index in [0.717, 1.165) is 54.1 Å². The molecule has 2 aliphatic rings. The summed E-state index contributed by atoms with van der Waals surface area (Å²) in [5.41, 5.74) is 1.16. The predicted octanol–water partition coefficient (Wildman–Crippen LogP) is 1.51. The van der Waals surface area contributed by atoms with Gasteiger partial charge in [0.25, 0.3) is 0 Å². The molecule has 110 valence electrons. The van der Waals surface area contributed by atoms with Gasteiger partial charge >= 0.3 is 0 Å². The second-order valence-electron chi connectivity index (χ2n) is 5.04. The van der Waals surface area contributed by atoms with E-state index < -0.39 is 0 Å². The summed E-state index contributed by atoms with van der Waals surface area (Å²) in [6.07, 6.45) is 0.720. The molecule has 0 aromatic heterocycles. The molecule has 1 saturated heterocycles. The molecule has 2 aliphatic heterocycles. The van der Waals surface area contributed by atoms with E-state index in [1.165, 1.54) is 0 Å². The molecule has 0 saturated carbocycles. The monoisotopic (exact) mass is 342 g/mol. The number of hydrogen-bond acceptors (Lipinski definition) is 5. The molecule has 0 bridgehead atoms. The number of aliphatic hydroxyl groups excluding tert-OH is 1. The summed E-state index contributed by atoms with van der Waals surface area (Å²) in [5, 5.41) is 12.8. The van der Waals surface area contributed by atoms with Crippen molar-refractivity contribution in [3.63, 3.8) is 0 Å². The second-order valence-corrected chi connectivity index (χ2v) is 5.90.